The van der Waals surface area contributed by atoms with Gasteiger partial charge in [-0.25, -0.2) is 4.39 Å². The first-order valence-corrected chi connectivity index (χ1v) is 7.83. The molecule has 27 heavy (non-hydrogen) atoms. The number of fused-ring (bicyclic) bond motifs is 2. The number of para-hydroxylation sites is 1. The summed E-state index contributed by atoms with van der Waals surface area (Å²) in [5.74, 6) is -1.42. The minimum atomic E-state index is -0.627. The molecule has 0 spiro atoms. The lowest BCUT2D eigenvalue weighted by Gasteiger charge is -2.08. The van der Waals surface area contributed by atoms with E-state index in [1.165, 1.54) is 12.1 Å². The first-order valence-electron chi connectivity index (χ1n) is 7.83. The smallest absolute Gasteiger partial charge is 0.282 e. The van der Waals surface area contributed by atoms with Crippen LogP contribution in [0.25, 0.3) is 27.5 Å². The number of guanidine groups is 1. The molecule has 2 aromatic heterocycles. The normalized spacial score (nSPS) is 10.6. The number of nitrogens with zero attached hydrogens (tertiary/aromatic N) is 3. The molecule has 0 saturated carbocycles. The molecule has 136 valence electrons. The Balaban J connectivity index is 0.00000210. The van der Waals surface area contributed by atoms with Crippen LogP contribution in [-0.4, -0.2) is 21.4 Å². The number of hydrogen-bond donors (Lipinski definition) is 2. The van der Waals surface area contributed by atoms with E-state index in [0.717, 1.165) is 16.6 Å². The number of nitrogens with two attached hydrogens (primary N) is 2. The summed E-state index contributed by atoms with van der Waals surface area (Å²) >= 11 is 0. The second-order valence-corrected chi connectivity index (χ2v) is 5.76. The van der Waals surface area contributed by atoms with E-state index >= 15 is 0 Å². The van der Waals surface area contributed by atoms with Crippen LogP contribution in [0.3, 0.4) is 0 Å². The van der Waals surface area contributed by atoms with Crippen LogP contribution < -0.4 is 11.5 Å². The van der Waals surface area contributed by atoms with Gasteiger partial charge < -0.3 is 16.0 Å². The van der Waals surface area contributed by atoms with E-state index in [0.29, 0.717) is 10.9 Å². The number of aromatic nitrogens is 2. The lowest BCUT2D eigenvalue weighted by Crippen LogP contribution is -2.24. The summed E-state index contributed by atoms with van der Waals surface area (Å²) in [6.45, 7) is 0. The molecular weight excluding hydrogens is 369 g/mol. The van der Waals surface area contributed by atoms with Gasteiger partial charge in [0.05, 0.1) is 22.3 Å². The Bertz CT molecular complexity index is 1190. The van der Waals surface area contributed by atoms with Gasteiger partial charge in [-0.1, -0.05) is 18.2 Å². The number of carbonyl (C=O) groups is 1. The Morgan fingerprint density at radius 3 is 2.63 bits per heavy atom. The molecule has 0 atom stereocenters. The second kappa shape index (κ2) is 7.05. The number of benzene rings is 2. The Morgan fingerprint density at radius 1 is 1.07 bits per heavy atom. The maximum Gasteiger partial charge on any atom is 0.282 e. The van der Waals surface area contributed by atoms with E-state index < -0.39 is 11.7 Å². The number of pyridine rings is 1. The molecule has 0 aliphatic heterocycles. The molecule has 0 saturated heterocycles. The molecule has 0 aliphatic rings. The highest BCUT2D eigenvalue weighted by atomic mass is 35.5. The van der Waals surface area contributed by atoms with E-state index in [1.54, 1.807) is 18.5 Å². The Morgan fingerprint density at radius 2 is 1.85 bits per heavy atom. The third kappa shape index (κ3) is 3.20. The molecule has 0 unspecified atom stereocenters. The Hall–Kier alpha value is -3.45. The fraction of sp³-hybridized carbons (Fsp3) is 0. The number of aliphatic imine (C=N–C) groups is 1. The van der Waals surface area contributed by atoms with Gasteiger partial charge in [0.1, 0.15) is 5.82 Å². The third-order valence-electron chi connectivity index (χ3n) is 4.11. The van der Waals surface area contributed by atoms with Crippen molar-refractivity contribution >= 4 is 46.1 Å². The molecule has 0 aliphatic carbocycles. The molecular formula is C19H15ClFN5O. The lowest BCUT2D eigenvalue weighted by atomic mass is 10.1. The van der Waals surface area contributed by atoms with Crippen molar-refractivity contribution in [1.82, 2.24) is 9.55 Å². The number of rotatable bonds is 2. The fourth-order valence-electron chi connectivity index (χ4n) is 3.04. The maximum absolute atomic E-state index is 13.8. The van der Waals surface area contributed by atoms with Crippen LogP contribution in [0.15, 0.2) is 65.9 Å². The van der Waals surface area contributed by atoms with Gasteiger partial charge in [0, 0.05) is 23.2 Å². The van der Waals surface area contributed by atoms with E-state index in [4.69, 9.17) is 11.5 Å². The van der Waals surface area contributed by atoms with Gasteiger partial charge in [0.25, 0.3) is 5.91 Å². The Kier molecular flexibility index (Phi) is 4.79. The highest BCUT2D eigenvalue weighted by molar-refractivity contribution is 6.11. The van der Waals surface area contributed by atoms with Crippen LogP contribution in [0, 0.1) is 5.82 Å². The predicted octanol–water partition coefficient (Wildman–Crippen LogP) is 3.15. The number of halogens is 2. The molecule has 4 rings (SSSR count). The monoisotopic (exact) mass is 383 g/mol. The molecule has 0 bridgehead atoms. The van der Waals surface area contributed by atoms with Crippen molar-refractivity contribution in [2.45, 2.75) is 0 Å². The minimum Gasteiger partial charge on any atom is -0.370 e. The van der Waals surface area contributed by atoms with Gasteiger partial charge in [-0.3, -0.25) is 9.78 Å². The van der Waals surface area contributed by atoms with Crippen molar-refractivity contribution in [2.75, 3.05) is 0 Å². The second-order valence-electron chi connectivity index (χ2n) is 5.76. The molecule has 4 N–H and O–H groups in total. The third-order valence-corrected chi connectivity index (χ3v) is 4.11. The summed E-state index contributed by atoms with van der Waals surface area (Å²) in [4.78, 5) is 20.3. The van der Waals surface area contributed by atoms with Crippen LogP contribution >= 0.6 is 12.4 Å². The SMILES string of the molecule is Cl.NC(N)=NC(=O)c1cn(-c2ccnc3ccccc23)c2ccc(F)cc12. The molecule has 4 aromatic rings. The molecule has 8 heteroatoms. The molecule has 1 amide bonds. The van der Waals surface area contributed by atoms with E-state index in [-0.39, 0.29) is 23.9 Å². The van der Waals surface area contributed by atoms with Gasteiger partial charge in [0.15, 0.2) is 5.96 Å². The van der Waals surface area contributed by atoms with Crippen molar-refractivity contribution < 1.29 is 9.18 Å². The number of carbonyl (C=O) groups excluding carboxylic acids is 1. The Labute approximate surface area is 159 Å². The average Bonchev–Trinajstić information content (AvgIpc) is 2.99. The van der Waals surface area contributed by atoms with Crippen LogP contribution in [0.1, 0.15) is 10.4 Å². The van der Waals surface area contributed by atoms with E-state index in [2.05, 4.69) is 9.98 Å². The summed E-state index contributed by atoms with van der Waals surface area (Å²) in [6, 6.07) is 13.7. The molecule has 0 radical (unpaired) electrons. The first-order chi connectivity index (χ1) is 12.5. The van der Waals surface area contributed by atoms with E-state index in [1.807, 2.05) is 34.9 Å². The predicted molar refractivity (Wildman–Crippen MR) is 106 cm³/mol. The number of amides is 1. The van der Waals surface area contributed by atoms with Crippen LogP contribution in [-0.2, 0) is 0 Å². The highest BCUT2D eigenvalue weighted by Crippen LogP contribution is 2.29. The highest BCUT2D eigenvalue weighted by Gasteiger charge is 2.17. The van der Waals surface area contributed by atoms with Gasteiger partial charge in [-0.2, -0.15) is 4.99 Å². The largest absolute Gasteiger partial charge is 0.370 e. The van der Waals surface area contributed by atoms with Crippen LogP contribution in [0.2, 0.25) is 0 Å². The van der Waals surface area contributed by atoms with Crippen molar-refractivity contribution in [3.63, 3.8) is 0 Å². The number of hydrogen-bond acceptors (Lipinski definition) is 2. The average molecular weight is 384 g/mol. The van der Waals surface area contributed by atoms with Crippen LogP contribution in [0.5, 0.6) is 0 Å². The fourth-order valence-corrected chi connectivity index (χ4v) is 3.04. The van der Waals surface area contributed by atoms with E-state index in [9.17, 15) is 9.18 Å². The van der Waals surface area contributed by atoms with Gasteiger partial charge in [0.2, 0.25) is 0 Å². The van der Waals surface area contributed by atoms with Crippen LogP contribution in [0.4, 0.5) is 4.39 Å². The minimum absolute atomic E-state index is 0. The molecule has 2 heterocycles. The first kappa shape index (κ1) is 18.3. The topological polar surface area (TPSA) is 99.3 Å². The summed E-state index contributed by atoms with van der Waals surface area (Å²) in [7, 11) is 0. The van der Waals surface area contributed by atoms with Crippen molar-refractivity contribution in [2.24, 2.45) is 16.5 Å². The summed E-state index contributed by atoms with van der Waals surface area (Å²) < 4.78 is 15.6. The summed E-state index contributed by atoms with van der Waals surface area (Å²) in [6.07, 6.45) is 3.30. The lowest BCUT2D eigenvalue weighted by molar-refractivity contribution is 0.100. The zero-order valence-corrected chi connectivity index (χ0v) is 14.8. The van der Waals surface area contributed by atoms with Gasteiger partial charge in [-0.05, 0) is 30.3 Å². The zero-order valence-electron chi connectivity index (χ0n) is 14.0. The zero-order chi connectivity index (χ0) is 18.3. The van der Waals surface area contributed by atoms with Crippen molar-refractivity contribution in [3.05, 3.63) is 72.3 Å². The molecule has 2 aromatic carbocycles. The summed E-state index contributed by atoms with van der Waals surface area (Å²) in [5, 5.41) is 1.33. The molecule has 0 fully saturated rings. The maximum atomic E-state index is 13.8. The summed E-state index contributed by atoms with van der Waals surface area (Å²) in [5.41, 5.74) is 13.1. The standard InChI is InChI=1S/C19H14FN5O.ClH/c20-11-5-6-16-13(9-11)14(18(26)24-19(21)22)10-25(16)17-7-8-23-15-4-2-1-3-12(15)17;/h1-10H,(H4,21,22,24,26);1H. The van der Waals surface area contributed by atoms with Gasteiger partial charge >= 0.3 is 0 Å². The van der Waals surface area contributed by atoms with Gasteiger partial charge in [-0.15, -0.1) is 12.4 Å². The van der Waals surface area contributed by atoms with Crippen molar-refractivity contribution in [3.8, 4) is 5.69 Å². The van der Waals surface area contributed by atoms with Crippen molar-refractivity contribution in [1.29, 1.82) is 0 Å². The quantitative estimate of drug-likeness (QED) is 0.410. The molecule has 6 nitrogen and oxygen atoms in total.